The number of benzene rings is 3. The number of alkyl halides is 14. The van der Waals surface area contributed by atoms with Crippen LogP contribution >= 0.6 is 0 Å². The molecule has 0 bridgehead atoms. The monoisotopic (exact) mass is 615 g/mol. The van der Waals surface area contributed by atoms with Gasteiger partial charge in [0.1, 0.15) is 6.61 Å². The molecule has 0 aromatic heterocycles. The second kappa shape index (κ2) is 10.4. The summed E-state index contributed by atoms with van der Waals surface area (Å²) >= 11 is 0. The van der Waals surface area contributed by atoms with Crippen LogP contribution in [0.15, 0.2) is 54.6 Å². The van der Waals surface area contributed by atoms with Crippen LogP contribution in [0.3, 0.4) is 0 Å². The number of amides is 1. The maximum absolute atomic E-state index is 14.4. The molecule has 3 aromatic rings. The molecule has 1 amide bonds. The summed E-state index contributed by atoms with van der Waals surface area (Å²) in [5.74, 6) is 0. The first kappa shape index (κ1) is 32.0. The number of hydrogen-bond acceptors (Lipinski definition) is 2. The summed E-state index contributed by atoms with van der Waals surface area (Å²) in [7, 11) is 0. The van der Waals surface area contributed by atoms with E-state index in [1.807, 2.05) is 0 Å². The van der Waals surface area contributed by atoms with Gasteiger partial charge in [-0.2, -0.15) is 52.7 Å². The van der Waals surface area contributed by atoms with Gasteiger partial charge in [0, 0.05) is 5.56 Å². The van der Waals surface area contributed by atoms with Crippen LogP contribution in [0.1, 0.15) is 5.56 Å². The molecule has 0 saturated carbocycles. The highest BCUT2D eigenvalue weighted by atomic mass is 19.4. The van der Waals surface area contributed by atoms with Crippen LogP contribution in [0.4, 0.5) is 66.3 Å². The third kappa shape index (κ3) is 5.93. The molecule has 0 spiro atoms. The van der Waals surface area contributed by atoms with Gasteiger partial charge in [0.2, 0.25) is 0 Å². The van der Waals surface area contributed by atoms with Gasteiger partial charge in [0.15, 0.2) is 0 Å². The van der Waals surface area contributed by atoms with Gasteiger partial charge in [-0.05, 0) is 27.6 Å². The van der Waals surface area contributed by atoms with Crippen molar-refractivity contribution in [2.45, 2.75) is 42.6 Å². The Balaban J connectivity index is 2.10. The van der Waals surface area contributed by atoms with E-state index in [9.17, 15) is 66.3 Å². The summed E-state index contributed by atoms with van der Waals surface area (Å²) in [5, 5.41) is 1.42. The fraction of sp³-hybridized carbons (Fsp3) is 0.375. The van der Waals surface area contributed by atoms with Gasteiger partial charge in [-0.3, -0.25) is 0 Å². The summed E-state index contributed by atoms with van der Waals surface area (Å²) < 4.78 is 191. The molecule has 226 valence electrons. The van der Waals surface area contributed by atoms with Crippen LogP contribution in [0.5, 0.6) is 0 Å². The molecular weight excluding hydrogens is 600 g/mol. The fourth-order valence-corrected chi connectivity index (χ4v) is 3.88. The van der Waals surface area contributed by atoms with Crippen LogP contribution in [-0.2, 0) is 11.3 Å². The molecule has 3 nitrogen and oxygen atoms in total. The Morgan fingerprint density at radius 3 is 1.27 bits per heavy atom. The highest BCUT2D eigenvalue weighted by Crippen LogP contribution is 2.50. The van der Waals surface area contributed by atoms with Gasteiger partial charge >= 0.3 is 42.1 Å². The number of rotatable bonds is 6. The number of carbonyl (C=O) groups excluding carboxylic acids is 1. The third-order valence-electron chi connectivity index (χ3n) is 6.10. The van der Waals surface area contributed by atoms with Gasteiger partial charge in [-0.25, -0.2) is 13.6 Å². The first-order valence-electron chi connectivity index (χ1n) is 11.0. The Morgan fingerprint density at radius 1 is 0.585 bits per heavy atom. The molecule has 41 heavy (non-hydrogen) atoms. The van der Waals surface area contributed by atoms with E-state index in [1.54, 1.807) is 18.2 Å². The van der Waals surface area contributed by atoms with Gasteiger partial charge in [-0.1, -0.05) is 48.5 Å². The zero-order chi connectivity index (χ0) is 31.2. The zero-order valence-corrected chi connectivity index (χ0v) is 19.9. The van der Waals surface area contributed by atoms with E-state index in [0.717, 1.165) is 0 Å². The van der Waals surface area contributed by atoms with Crippen molar-refractivity contribution in [1.29, 1.82) is 0 Å². The van der Waals surface area contributed by atoms with E-state index in [4.69, 9.17) is 0 Å². The average Bonchev–Trinajstić information content (AvgIpc) is 2.83. The Hall–Kier alpha value is -3.53. The SMILES string of the molecule is O=C(OCc1c2ccccc2cc2ccccc12)N(CC(F)(C(F)(F)F)C(F)(F)F)CC(F)(C(F)(F)F)C(F)(F)F. The van der Waals surface area contributed by atoms with Crippen molar-refractivity contribution in [3.05, 3.63) is 60.2 Å². The predicted octanol–water partition coefficient (Wildman–Crippen LogP) is 8.60. The molecule has 3 aromatic carbocycles. The van der Waals surface area contributed by atoms with Crippen molar-refractivity contribution in [3.8, 4) is 0 Å². The minimum absolute atomic E-state index is 0.0108. The van der Waals surface area contributed by atoms with Crippen molar-refractivity contribution in [1.82, 2.24) is 4.90 Å². The molecular formula is C24H15F14NO2. The fourth-order valence-electron chi connectivity index (χ4n) is 3.88. The molecule has 3 rings (SSSR count). The lowest BCUT2D eigenvalue weighted by molar-refractivity contribution is -0.354. The normalized spacial score (nSPS) is 14.0. The topological polar surface area (TPSA) is 29.5 Å². The number of hydrogen-bond donors (Lipinski definition) is 0. The van der Waals surface area contributed by atoms with Crippen LogP contribution in [0.25, 0.3) is 21.5 Å². The van der Waals surface area contributed by atoms with Gasteiger partial charge in [0.05, 0.1) is 13.1 Å². The number of carbonyl (C=O) groups is 1. The van der Waals surface area contributed by atoms with E-state index in [-0.39, 0.29) is 16.3 Å². The molecule has 0 aliphatic rings. The summed E-state index contributed by atoms with van der Waals surface area (Å²) in [4.78, 5) is 11.0. The highest BCUT2D eigenvalue weighted by molar-refractivity contribution is 6.02. The maximum Gasteiger partial charge on any atom is 0.433 e. The predicted molar refractivity (Wildman–Crippen MR) is 115 cm³/mol. The third-order valence-corrected chi connectivity index (χ3v) is 6.10. The first-order chi connectivity index (χ1) is 18.5. The second-order valence-corrected chi connectivity index (χ2v) is 8.80. The van der Waals surface area contributed by atoms with Crippen LogP contribution in [0, 0.1) is 0 Å². The molecule has 0 fully saturated rings. The summed E-state index contributed by atoms with van der Waals surface area (Å²) in [6, 6.07) is 13.6. The van der Waals surface area contributed by atoms with Crippen molar-refractivity contribution >= 4 is 27.6 Å². The van der Waals surface area contributed by atoms with Crippen LogP contribution in [0.2, 0.25) is 0 Å². The molecule has 0 N–H and O–H groups in total. The minimum Gasteiger partial charge on any atom is -0.444 e. The van der Waals surface area contributed by atoms with Crippen molar-refractivity contribution in [3.63, 3.8) is 0 Å². The van der Waals surface area contributed by atoms with Crippen LogP contribution < -0.4 is 0 Å². The standard InChI is InChI=1S/C24H15F14NO2/c25-19(21(27,28)29,22(30,31)32)11-39(12-20(26,23(33,34)35)24(36,37)38)18(40)41-10-17-15-7-3-1-5-13(15)9-14-6-2-4-8-16(14)17/h1-9H,10-12H2. The van der Waals surface area contributed by atoms with E-state index < -0.39 is 66.7 Å². The van der Waals surface area contributed by atoms with Crippen LogP contribution in [-0.4, -0.2) is 60.1 Å². The Labute approximate surface area is 220 Å². The molecule has 0 unspecified atom stereocenters. The molecule has 0 heterocycles. The largest absolute Gasteiger partial charge is 0.444 e. The smallest absolute Gasteiger partial charge is 0.433 e. The highest BCUT2D eigenvalue weighted by Gasteiger charge is 2.76. The van der Waals surface area contributed by atoms with Gasteiger partial charge in [0.25, 0.3) is 0 Å². The Morgan fingerprint density at radius 2 is 0.927 bits per heavy atom. The van der Waals surface area contributed by atoms with E-state index in [2.05, 4.69) is 4.74 Å². The van der Waals surface area contributed by atoms with Crippen molar-refractivity contribution in [2.24, 2.45) is 0 Å². The molecule has 17 heteroatoms. The maximum atomic E-state index is 14.4. The number of nitrogens with zero attached hydrogens (tertiary/aromatic N) is 1. The molecule has 0 aliphatic carbocycles. The molecule has 0 aliphatic heterocycles. The molecule has 0 radical (unpaired) electrons. The van der Waals surface area contributed by atoms with E-state index in [1.165, 1.54) is 36.4 Å². The summed E-state index contributed by atoms with van der Waals surface area (Å²) in [5.41, 5.74) is -13.1. The number of fused-ring (bicyclic) bond motifs is 2. The average molecular weight is 615 g/mol. The first-order valence-corrected chi connectivity index (χ1v) is 11.0. The van der Waals surface area contributed by atoms with Gasteiger partial charge in [-0.15, -0.1) is 0 Å². The Bertz CT molecular complexity index is 1290. The van der Waals surface area contributed by atoms with Crippen molar-refractivity contribution in [2.75, 3.05) is 13.1 Å². The lowest BCUT2D eigenvalue weighted by Gasteiger charge is -2.38. The lowest BCUT2D eigenvalue weighted by atomic mass is 9.97. The number of ether oxygens (including phenoxy) is 1. The van der Waals surface area contributed by atoms with Gasteiger partial charge < -0.3 is 9.64 Å². The van der Waals surface area contributed by atoms with Crippen molar-refractivity contribution < 1.29 is 71.0 Å². The number of halogens is 14. The zero-order valence-electron chi connectivity index (χ0n) is 19.9. The minimum atomic E-state index is -7.01. The quantitative estimate of drug-likeness (QED) is 0.205. The van der Waals surface area contributed by atoms with E-state index >= 15 is 0 Å². The van der Waals surface area contributed by atoms with E-state index in [0.29, 0.717) is 10.8 Å². The lowest BCUT2D eigenvalue weighted by Crippen LogP contribution is -2.65. The summed E-state index contributed by atoms with van der Waals surface area (Å²) in [6.07, 6.45) is -30.8. The summed E-state index contributed by atoms with van der Waals surface area (Å²) in [6.45, 7) is -8.20. The second-order valence-electron chi connectivity index (χ2n) is 8.80. The Kier molecular flexibility index (Phi) is 8.10. The molecule has 0 saturated heterocycles. The molecule has 0 atom stereocenters.